The molecular formula is C69H51N7. The molecule has 0 unspecified atom stereocenters. The van der Waals surface area contributed by atoms with Crippen molar-refractivity contribution in [1.82, 2.24) is 29.1 Å². The van der Waals surface area contributed by atoms with Crippen molar-refractivity contribution in [2.45, 2.75) is 41.5 Å². The number of pyridine rings is 1. The first kappa shape index (κ1) is 46.0. The molecule has 4 heterocycles. The molecule has 0 N–H and O–H groups in total. The summed E-state index contributed by atoms with van der Waals surface area (Å²) in [5, 5.41) is 16.2. The molecule has 13 aromatic rings. The van der Waals surface area contributed by atoms with E-state index in [9.17, 15) is 5.26 Å². The van der Waals surface area contributed by atoms with E-state index in [1.54, 1.807) is 0 Å². The lowest BCUT2D eigenvalue weighted by Gasteiger charge is -2.19. The van der Waals surface area contributed by atoms with Gasteiger partial charge in [0.05, 0.1) is 39.0 Å². The monoisotopic (exact) mass is 977 g/mol. The molecule has 13 rings (SSSR count). The lowest BCUT2D eigenvalue weighted by molar-refractivity contribution is 1.07. The first-order valence-electron chi connectivity index (χ1n) is 25.8. The highest BCUT2D eigenvalue weighted by atomic mass is 15.0. The molecule has 0 aliphatic carbocycles. The second-order valence-corrected chi connectivity index (χ2v) is 20.2. The Morgan fingerprint density at radius 3 is 1.32 bits per heavy atom. The molecule has 0 saturated heterocycles. The number of nitriles is 1. The largest absolute Gasteiger partial charge is 0.309 e. The Morgan fingerprint density at radius 1 is 0.382 bits per heavy atom. The Balaban J connectivity index is 1.13. The van der Waals surface area contributed by atoms with Gasteiger partial charge in [0.2, 0.25) is 0 Å². The fraction of sp³-hybridized carbons (Fsp3) is 0.0870. The smallest absolute Gasteiger partial charge is 0.164 e. The quantitative estimate of drug-likeness (QED) is 0.151. The maximum atomic E-state index is 11.7. The summed E-state index contributed by atoms with van der Waals surface area (Å²) >= 11 is 0. The molecule has 7 heteroatoms. The van der Waals surface area contributed by atoms with Gasteiger partial charge in [-0.2, -0.15) is 5.26 Å². The van der Waals surface area contributed by atoms with E-state index in [1.165, 1.54) is 55.3 Å². The number of fused-ring (bicyclic) bond motifs is 6. The van der Waals surface area contributed by atoms with Crippen molar-refractivity contribution in [3.05, 3.63) is 239 Å². The summed E-state index contributed by atoms with van der Waals surface area (Å²) in [4.78, 5) is 20.6. The van der Waals surface area contributed by atoms with Gasteiger partial charge in [-0.05, 0) is 147 Å². The number of para-hydroxylation sites is 2. The zero-order chi connectivity index (χ0) is 51.8. The van der Waals surface area contributed by atoms with Gasteiger partial charge in [0.25, 0.3) is 0 Å². The number of nitrogens with zero attached hydrogens (tertiary/aromatic N) is 7. The molecule has 0 atom stereocenters. The van der Waals surface area contributed by atoms with Crippen molar-refractivity contribution in [3.8, 4) is 85.1 Å². The van der Waals surface area contributed by atoms with Gasteiger partial charge in [0.15, 0.2) is 17.5 Å². The lowest BCUT2D eigenvalue weighted by Crippen LogP contribution is -2.05. The molecule has 4 aromatic heterocycles. The van der Waals surface area contributed by atoms with E-state index < -0.39 is 0 Å². The van der Waals surface area contributed by atoms with E-state index in [0.29, 0.717) is 40.0 Å². The highest BCUT2D eigenvalue weighted by Crippen LogP contribution is 2.44. The van der Waals surface area contributed by atoms with Crippen LogP contribution in [-0.4, -0.2) is 29.1 Å². The van der Waals surface area contributed by atoms with E-state index in [2.05, 4.69) is 184 Å². The molecule has 0 aliphatic rings. The second-order valence-electron chi connectivity index (χ2n) is 20.2. The fourth-order valence-corrected chi connectivity index (χ4v) is 12.0. The average Bonchev–Trinajstić information content (AvgIpc) is 4.05. The highest BCUT2D eigenvalue weighted by Gasteiger charge is 2.25. The van der Waals surface area contributed by atoms with Gasteiger partial charge in [-0.15, -0.1) is 0 Å². The Bertz CT molecular complexity index is 4260. The van der Waals surface area contributed by atoms with Gasteiger partial charge in [-0.25, -0.2) is 15.0 Å². The van der Waals surface area contributed by atoms with Crippen LogP contribution in [0.25, 0.3) is 123 Å². The molecule has 0 bridgehead atoms. The topological polar surface area (TPSA) is 85.2 Å². The van der Waals surface area contributed by atoms with Crippen LogP contribution < -0.4 is 0 Å². The van der Waals surface area contributed by atoms with E-state index in [-0.39, 0.29) is 0 Å². The standard InChI is InChI=1S/C69H51N7/c1-41-31-43(3)64(44(4)32-41)49-25-27-62-56(36-49)57-37-50(65-45(5)33-42(2)34-46(65)6)26-28-63(57)76(62)66-52(40-70)35-51(69-73-67(47-17-9-7-10-18-47)72-68(74-69)48-19-11-8-12-20-48)38-58(66)59-39-53(29-30-71-59)75-60-23-15-13-21-54(60)55-22-14-16-24-61(55)75/h7-39H,1-6H3. The van der Waals surface area contributed by atoms with Crippen LogP contribution in [0, 0.1) is 52.9 Å². The van der Waals surface area contributed by atoms with Crippen molar-refractivity contribution < 1.29 is 0 Å². The zero-order valence-electron chi connectivity index (χ0n) is 43.2. The number of aryl methyl sites for hydroxylation is 6. The van der Waals surface area contributed by atoms with Gasteiger partial charge in [-0.3, -0.25) is 4.98 Å². The van der Waals surface area contributed by atoms with Gasteiger partial charge in [-0.1, -0.05) is 145 Å². The third-order valence-electron chi connectivity index (χ3n) is 15.0. The zero-order valence-corrected chi connectivity index (χ0v) is 43.2. The van der Waals surface area contributed by atoms with Crippen LogP contribution in [0.4, 0.5) is 0 Å². The van der Waals surface area contributed by atoms with Crippen molar-refractivity contribution in [2.24, 2.45) is 0 Å². The van der Waals surface area contributed by atoms with Gasteiger partial charge >= 0.3 is 0 Å². The maximum Gasteiger partial charge on any atom is 0.164 e. The van der Waals surface area contributed by atoms with Gasteiger partial charge < -0.3 is 9.13 Å². The molecule has 0 fully saturated rings. The molecule has 0 amide bonds. The number of hydrogen-bond donors (Lipinski definition) is 0. The van der Waals surface area contributed by atoms with Crippen LogP contribution in [-0.2, 0) is 0 Å². The number of aromatic nitrogens is 6. The van der Waals surface area contributed by atoms with Crippen molar-refractivity contribution >= 4 is 43.6 Å². The van der Waals surface area contributed by atoms with Crippen LogP contribution in [0.2, 0.25) is 0 Å². The Kier molecular flexibility index (Phi) is 11.1. The predicted octanol–water partition coefficient (Wildman–Crippen LogP) is 17.2. The minimum atomic E-state index is 0.444. The third kappa shape index (κ3) is 7.73. The van der Waals surface area contributed by atoms with E-state index >= 15 is 0 Å². The first-order chi connectivity index (χ1) is 37.1. The van der Waals surface area contributed by atoms with E-state index in [4.69, 9.17) is 19.9 Å². The van der Waals surface area contributed by atoms with E-state index in [1.807, 2.05) is 72.9 Å². The maximum absolute atomic E-state index is 11.7. The minimum Gasteiger partial charge on any atom is -0.309 e. The van der Waals surface area contributed by atoms with Crippen LogP contribution in [0.3, 0.4) is 0 Å². The summed E-state index contributed by atoms with van der Waals surface area (Å²) in [6.07, 6.45) is 1.88. The molecule has 0 aliphatic heterocycles. The van der Waals surface area contributed by atoms with Crippen molar-refractivity contribution in [3.63, 3.8) is 0 Å². The van der Waals surface area contributed by atoms with Crippen molar-refractivity contribution in [2.75, 3.05) is 0 Å². The summed E-state index contributed by atoms with van der Waals surface area (Å²) in [6.45, 7) is 13.1. The van der Waals surface area contributed by atoms with Crippen LogP contribution >= 0.6 is 0 Å². The average molecular weight is 978 g/mol. The summed E-state index contributed by atoms with van der Waals surface area (Å²) in [6, 6.07) is 70.7. The molecule has 76 heavy (non-hydrogen) atoms. The molecular weight excluding hydrogens is 927 g/mol. The Morgan fingerprint density at radius 2 is 0.829 bits per heavy atom. The minimum absolute atomic E-state index is 0.444. The molecule has 362 valence electrons. The van der Waals surface area contributed by atoms with Crippen LogP contribution in [0.5, 0.6) is 0 Å². The Labute approximate surface area is 441 Å². The summed E-state index contributed by atoms with van der Waals surface area (Å²) in [5.74, 6) is 1.51. The summed E-state index contributed by atoms with van der Waals surface area (Å²) in [5.41, 5.74) is 22.2. The third-order valence-corrected chi connectivity index (χ3v) is 15.0. The molecule has 9 aromatic carbocycles. The summed E-state index contributed by atoms with van der Waals surface area (Å²) in [7, 11) is 0. The molecule has 0 saturated carbocycles. The van der Waals surface area contributed by atoms with Crippen molar-refractivity contribution in [1.29, 1.82) is 5.26 Å². The Hall–Kier alpha value is -9.77. The molecule has 0 radical (unpaired) electrons. The second kappa shape index (κ2) is 18.3. The number of hydrogen-bond acceptors (Lipinski definition) is 5. The summed E-state index contributed by atoms with van der Waals surface area (Å²) < 4.78 is 4.59. The predicted molar refractivity (Wildman–Crippen MR) is 312 cm³/mol. The lowest BCUT2D eigenvalue weighted by atomic mass is 9.91. The van der Waals surface area contributed by atoms with Crippen LogP contribution in [0.1, 0.15) is 38.9 Å². The number of rotatable bonds is 8. The fourth-order valence-electron chi connectivity index (χ4n) is 12.0. The SMILES string of the molecule is Cc1cc(C)c(-c2ccc3c(c2)c2cc(-c4c(C)cc(C)cc4C)ccc2n3-c2c(C#N)cc(-c3nc(-c4ccccc4)nc(-c4ccccc4)n3)cc2-c2cc(-n3c4ccccc4c4ccccc43)ccn2)c(C)c1. The molecule has 7 nitrogen and oxygen atoms in total. The first-order valence-corrected chi connectivity index (χ1v) is 25.8. The highest BCUT2D eigenvalue weighted by molar-refractivity contribution is 6.13. The van der Waals surface area contributed by atoms with Crippen LogP contribution in [0.15, 0.2) is 200 Å². The van der Waals surface area contributed by atoms with Gasteiger partial charge in [0.1, 0.15) is 6.07 Å². The molecule has 0 spiro atoms. The number of benzene rings is 9. The van der Waals surface area contributed by atoms with E-state index in [0.717, 1.165) is 66.3 Å². The normalized spacial score (nSPS) is 11.5. The van der Waals surface area contributed by atoms with Gasteiger partial charge in [0, 0.05) is 55.7 Å².